The summed E-state index contributed by atoms with van der Waals surface area (Å²) in [4.78, 5) is 17.7. The number of rotatable bonds is 4. The van der Waals surface area contributed by atoms with E-state index in [9.17, 15) is 9.90 Å². The fourth-order valence-corrected chi connectivity index (χ4v) is 3.67. The molecule has 3 rings (SSSR count). The van der Waals surface area contributed by atoms with Gasteiger partial charge in [0.1, 0.15) is 5.54 Å². The minimum atomic E-state index is -0.966. The molecule has 1 aliphatic heterocycles. The molecule has 1 aromatic carbocycles. The van der Waals surface area contributed by atoms with Crippen LogP contribution in [0.3, 0.4) is 0 Å². The van der Waals surface area contributed by atoms with Crippen molar-refractivity contribution in [3.63, 3.8) is 0 Å². The van der Waals surface area contributed by atoms with Gasteiger partial charge in [-0.25, -0.2) is 4.79 Å². The third-order valence-electron chi connectivity index (χ3n) is 5.44. The number of likely N-dealkylation sites (tertiary alicyclic amines) is 1. The zero-order chi connectivity index (χ0) is 20.4. The van der Waals surface area contributed by atoms with E-state index in [1.807, 2.05) is 45.0 Å². The van der Waals surface area contributed by atoms with Crippen LogP contribution in [0.2, 0.25) is 0 Å². The summed E-state index contributed by atoms with van der Waals surface area (Å²) in [6.45, 7) is 8.61. The summed E-state index contributed by atoms with van der Waals surface area (Å²) in [6.07, 6.45) is 2.85. The number of nitrogens with zero attached hydrogens (tertiary/aromatic N) is 3. The maximum absolute atomic E-state index is 11.7. The predicted octanol–water partition coefficient (Wildman–Crippen LogP) is 4.90. The highest BCUT2D eigenvalue weighted by atomic mass is 16.5. The number of carboxylic acid groups (broad SMARTS) is 1. The molecule has 2 heterocycles. The van der Waals surface area contributed by atoms with Crippen LogP contribution in [0.15, 0.2) is 28.8 Å². The lowest BCUT2D eigenvalue weighted by Gasteiger charge is -2.55. The molecule has 0 saturated carbocycles. The van der Waals surface area contributed by atoms with E-state index in [1.165, 1.54) is 4.90 Å². The smallest absolute Gasteiger partial charge is 0.408 e. The highest BCUT2D eigenvalue weighted by Gasteiger charge is 2.60. The Morgan fingerprint density at radius 2 is 2.04 bits per heavy atom. The van der Waals surface area contributed by atoms with Gasteiger partial charge in [0.2, 0.25) is 5.82 Å². The van der Waals surface area contributed by atoms with Gasteiger partial charge in [-0.3, -0.25) is 4.90 Å². The number of carbonyl (C=O) groups is 1. The second kappa shape index (κ2) is 7.67. The second-order valence-electron chi connectivity index (χ2n) is 8.20. The molecule has 1 saturated heterocycles. The first-order valence-corrected chi connectivity index (χ1v) is 9.73. The molecule has 1 N–H and O–H groups in total. The standard InChI is InChI=1S/C22H27N3O3/c1-5-6-7-8-9-16-10-12-17(13-11-16)18-23-19(28-24-18)22(21(2,3)4)14-15-25(22)20(26)27/h10-13H,5-7,14-15H2,1-4H3,(H,26,27)/t22-/m1/s1. The molecule has 0 radical (unpaired) electrons. The van der Waals surface area contributed by atoms with Gasteiger partial charge in [0.25, 0.3) is 5.89 Å². The zero-order valence-corrected chi connectivity index (χ0v) is 17.0. The van der Waals surface area contributed by atoms with Crippen LogP contribution < -0.4 is 0 Å². The van der Waals surface area contributed by atoms with Gasteiger partial charge in [0, 0.05) is 24.1 Å². The van der Waals surface area contributed by atoms with Crippen LogP contribution in [0.4, 0.5) is 4.79 Å². The first-order valence-electron chi connectivity index (χ1n) is 9.73. The molecule has 0 unspecified atom stereocenters. The summed E-state index contributed by atoms with van der Waals surface area (Å²) >= 11 is 0. The number of unbranched alkanes of at least 4 members (excludes halogenated alkanes) is 2. The molecule has 1 fully saturated rings. The molecule has 2 aromatic rings. The fraction of sp³-hybridized carbons (Fsp3) is 0.500. The van der Waals surface area contributed by atoms with Crippen LogP contribution in [-0.2, 0) is 5.54 Å². The average molecular weight is 381 g/mol. The molecule has 1 amide bonds. The maximum Gasteiger partial charge on any atom is 0.408 e. The van der Waals surface area contributed by atoms with Gasteiger partial charge < -0.3 is 9.63 Å². The Kier molecular flexibility index (Phi) is 5.46. The molecule has 1 aliphatic rings. The van der Waals surface area contributed by atoms with Gasteiger partial charge in [-0.2, -0.15) is 4.98 Å². The van der Waals surface area contributed by atoms with Crippen molar-refractivity contribution in [1.29, 1.82) is 0 Å². The van der Waals surface area contributed by atoms with Gasteiger partial charge >= 0.3 is 6.09 Å². The SMILES string of the molecule is CCCCC#Cc1ccc(-c2noc([C@@]3(C(C)(C)C)CCN3C(=O)O)n2)cc1. The largest absolute Gasteiger partial charge is 0.465 e. The number of aromatic nitrogens is 2. The molecule has 1 atom stereocenters. The van der Waals surface area contributed by atoms with E-state index in [0.717, 1.165) is 30.4 Å². The molecule has 0 aliphatic carbocycles. The Hall–Kier alpha value is -2.81. The predicted molar refractivity (Wildman–Crippen MR) is 107 cm³/mol. The van der Waals surface area contributed by atoms with Crippen LogP contribution in [0, 0.1) is 17.3 Å². The maximum atomic E-state index is 11.7. The summed E-state index contributed by atoms with van der Waals surface area (Å²) in [6, 6.07) is 7.71. The number of benzene rings is 1. The van der Waals surface area contributed by atoms with Crippen molar-refractivity contribution in [2.24, 2.45) is 5.41 Å². The number of hydrogen-bond donors (Lipinski definition) is 1. The second-order valence-corrected chi connectivity index (χ2v) is 8.20. The third-order valence-corrected chi connectivity index (χ3v) is 5.44. The quantitative estimate of drug-likeness (QED) is 0.602. The molecule has 6 nitrogen and oxygen atoms in total. The van der Waals surface area contributed by atoms with E-state index >= 15 is 0 Å². The van der Waals surface area contributed by atoms with Crippen LogP contribution in [0.1, 0.15) is 64.8 Å². The minimum Gasteiger partial charge on any atom is -0.465 e. The van der Waals surface area contributed by atoms with Gasteiger partial charge in [-0.1, -0.05) is 51.1 Å². The average Bonchev–Trinajstić information content (AvgIpc) is 3.07. The van der Waals surface area contributed by atoms with Crippen molar-refractivity contribution < 1.29 is 14.4 Å². The van der Waals surface area contributed by atoms with E-state index in [0.29, 0.717) is 24.7 Å². The molecule has 6 heteroatoms. The molecule has 28 heavy (non-hydrogen) atoms. The Balaban J connectivity index is 1.85. The number of amides is 1. The van der Waals surface area contributed by atoms with Crippen LogP contribution >= 0.6 is 0 Å². The van der Waals surface area contributed by atoms with E-state index in [4.69, 9.17) is 4.52 Å². The van der Waals surface area contributed by atoms with E-state index in [2.05, 4.69) is 28.9 Å². The van der Waals surface area contributed by atoms with Crippen molar-refractivity contribution in [2.75, 3.05) is 6.54 Å². The van der Waals surface area contributed by atoms with Gasteiger partial charge in [0.05, 0.1) is 0 Å². The van der Waals surface area contributed by atoms with E-state index in [-0.39, 0.29) is 5.41 Å². The summed E-state index contributed by atoms with van der Waals surface area (Å²) in [5.74, 6) is 7.14. The summed E-state index contributed by atoms with van der Waals surface area (Å²) in [5, 5.41) is 13.7. The molecule has 148 valence electrons. The van der Waals surface area contributed by atoms with Crippen molar-refractivity contribution in [3.8, 4) is 23.2 Å². The summed E-state index contributed by atoms with van der Waals surface area (Å²) in [7, 11) is 0. The van der Waals surface area contributed by atoms with E-state index < -0.39 is 11.6 Å². The van der Waals surface area contributed by atoms with Crippen molar-refractivity contribution >= 4 is 6.09 Å². The highest BCUT2D eigenvalue weighted by molar-refractivity contribution is 5.68. The Morgan fingerprint density at radius 3 is 2.57 bits per heavy atom. The minimum absolute atomic E-state index is 0.354. The monoisotopic (exact) mass is 381 g/mol. The van der Waals surface area contributed by atoms with Crippen LogP contribution in [0.25, 0.3) is 11.4 Å². The van der Waals surface area contributed by atoms with Gasteiger partial charge in [-0.15, -0.1) is 0 Å². The summed E-state index contributed by atoms with van der Waals surface area (Å²) in [5.41, 5.74) is 0.602. The van der Waals surface area contributed by atoms with Gasteiger partial charge in [-0.05, 0) is 42.5 Å². The molecular weight excluding hydrogens is 354 g/mol. The molecule has 0 spiro atoms. The first kappa shape index (κ1) is 19.9. The topological polar surface area (TPSA) is 79.5 Å². The van der Waals surface area contributed by atoms with E-state index in [1.54, 1.807) is 0 Å². The fourth-order valence-electron chi connectivity index (χ4n) is 3.67. The lowest BCUT2D eigenvalue weighted by Crippen LogP contribution is -2.65. The Bertz CT molecular complexity index is 900. The third kappa shape index (κ3) is 3.49. The van der Waals surface area contributed by atoms with Crippen molar-refractivity contribution in [3.05, 3.63) is 35.7 Å². The highest BCUT2D eigenvalue weighted by Crippen LogP contribution is 2.52. The Labute approximate surface area is 165 Å². The summed E-state index contributed by atoms with van der Waals surface area (Å²) < 4.78 is 5.56. The first-order chi connectivity index (χ1) is 13.3. The van der Waals surface area contributed by atoms with Crippen LogP contribution in [-0.4, -0.2) is 32.8 Å². The normalized spacial score (nSPS) is 18.9. The lowest BCUT2D eigenvalue weighted by atomic mass is 9.65. The molecular formula is C22H27N3O3. The number of hydrogen-bond acceptors (Lipinski definition) is 4. The van der Waals surface area contributed by atoms with Crippen LogP contribution in [0.5, 0.6) is 0 Å². The molecule has 1 aromatic heterocycles. The van der Waals surface area contributed by atoms with Crippen molar-refractivity contribution in [2.45, 2.75) is 58.9 Å². The van der Waals surface area contributed by atoms with Gasteiger partial charge in [0.15, 0.2) is 0 Å². The van der Waals surface area contributed by atoms with Crippen molar-refractivity contribution in [1.82, 2.24) is 15.0 Å². The Morgan fingerprint density at radius 1 is 1.32 bits per heavy atom. The lowest BCUT2D eigenvalue weighted by molar-refractivity contribution is -0.0969. The zero-order valence-electron chi connectivity index (χ0n) is 17.0. The molecule has 0 bridgehead atoms.